The van der Waals surface area contributed by atoms with Gasteiger partial charge in [0.25, 0.3) is 16.8 Å². The molecule has 1 N–H and O–H groups in total. The molecule has 1 heterocycles. The largest absolute Gasteiger partial charge is 0.462 e. The number of nitro benzene ring substituents is 1. The number of amides is 3. The van der Waals surface area contributed by atoms with E-state index in [2.05, 4.69) is 5.32 Å². The van der Waals surface area contributed by atoms with E-state index in [-0.39, 0.29) is 44.1 Å². The fraction of sp³-hybridized carbons (Fsp3) is 0.217. The van der Waals surface area contributed by atoms with Crippen molar-refractivity contribution in [1.29, 1.82) is 0 Å². The first-order valence-electron chi connectivity index (χ1n) is 10.6. The van der Waals surface area contributed by atoms with E-state index in [1.54, 1.807) is 0 Å². The number of benzene rings is 2. The van der Waals surface area contributed by atoms with Gasteiger partial charge in [0, 0.05) is 28.4 Å². The van der Waals surface area contributed by atoms with Gasteiger partial charge in [-0.25, -0.2) is 4.79 Å². The minimum Gasteiger partial charge on any atom is -0.462 e. The van der Waals surface area contributed by atoms with Crippen molar-refractivity contribution in [1.82, 2.24) is 4.90 Å². The van der Waals surface area contributed by atoms with Crippen LogP contribution in [0.2, 0.25) is 10.0 Å². The van der Waals surface area contributed by atoms with Gasteiger partial charge in [0.2, 0.25) is 5.91 Å². The van der Waals surface area contributed by atoms with Gasteiger partial charge in [0.1, 0.15) is 6.54 Å². The van der Waals surface area contributed by atoms with E-state index in [0.29, 0.717) is 18.2 Å². The minimum atomic E-state index is -0.751. The molecule has 0 aromatic heterocycles. The zero-order valence-corrected chi connectivity index (χ0v) is 21.1. The van der Waals surface area contributed by atoms with Gasteiger partial charge in [-0.1, -0.05) is 36.5 Å². The molecule has 188 valence electrons. The second-order valence-corrected chi connectivity index (χ2v) is 9.27. The molecule has 36 heavy (non-hydrogen) atoms. The number of nitrogens with zero attached hydrogens (tertiary/aromatic N) is 2. The fourth-order valence-electron chi connectivity index (χ4n) is 3.02. The van der Waals surface area contributed by atoms with Gasteiger partial charge >= 0.3 is 5.97 Å². The molecule has 10 nitrogen and oxygen atoms in total. The highest BCUT2D eigenvalue weighted by Gasteiger charge is 2.36. The summed E-state index contributed by atoms with van der Waals surface area (Å²) in [7, 11) is 0. The summed E-state index contributed by atoms with van der Waals surface area (Å²) in [6.07, 6.45) is 2.80. The summed E-state index contributed by atoms with van der Waals surface area (Å²) < 4.78 is 5.15. The summed E-state index contributed by atoms with van der Waals surface area (Å²) in [5.41, 5.74) is 0.229. The van der Waals surface area contributed by atoms with E-state index >= 15 is 0 Å². The molecular weight excluding hydrogens is 533 g/mol. The second-order valence-electron chi connectivity index (χ2n) is 7.46. The summed E-state index contributed by atoms with van der Waals surface area (Å²) >= 11 is 12.7. The number of non-ortho nitro benzene ring substituents is 1. The van der Waals surface area contributed by atoms with Crippen molar-refractivity contribution in [3.63, 3.8) is 0 Å². The lowest BCUT2D eigenvalue weighted by molar-refractivity contribution is -0.384. The summed E-state index contributed by atoms with van der Waals surface area (Å²) in [5, 5.41) is 13.1. The molecule has 0 aliphatic carbocycles. The van der Waals surface area contributed by atoms with E-state index in [9.17, 15) is 29.3 Å². The zero-order chi connectivity index (χ0) is 26.4. The van der Waals surface area contributed by atoms with Crippen molar-refractivity contribution in [2.24, 2.45) is 0 Å². The number of rotatable bonds is 9. The molecular formula is C23H19Cl2N3O7S. The van der Waals surface area contributed by atoms with Crippen molar-refractivity contribution in [3.05, 3.63) is 72.6 Å². The van der Waals surface area contributed by atoms with Crippen LogP contribution in [0.4, 0.5) is 16.2 Å². The Bertz CT molecular complexity index is 1280. The molecule has 2 aromatic rings. The third-order valence-corrected chi connectivity index (χ3v) is 6.43. The Hall–Kier alpha value is -3.41. The molecule has 2 aromatic carbocycles. The third-order valence-electron chi connectivity index (χ3n) is 4.85. The number of hydrogen-bond donors (Lipinski definition) is 1. The number of thioether (sulfide) groups is 1. The molecule has 0 spiro atoms. The molecule has 0 bridgehead atoms. The number of carbonyl (C=O) groups is 4. The number of esters is 1. The van der Waals surface area contributed by atoms with Gasteiger partial charge in [-0.05, 0) is 48.5 Å². The SMILES string of the molecule is CCCCOC(=O)c1cc(NC(=O)CN2C(=O)S/C(=C\c3cc([N+](=O)[O-])ccc3Cl)C2=O)ccc1Cl. The molecule has 1 saturated heterocycles. The molecule has 13 heteroatoms. The van der Waals surface area contributed by atoms with E-state index < -0.39 is 34.5 Å². The Morgan fingerprint density at radius 1 is 1.17 bits per heavy atom. The highest BCUT2D eigenvalue weighted by molar-refractivity contribution is 8.18. The summed E-state index contributed by atoms with van der Waals surface area (Å²) in [4.78, 5) is 61.0. The van der Waals surface area contributed by atoms with Gasteiger partial charge in [-0.15, -0.1) is 0 Å². The van der Waals surface area contributed by atoms with Gasteiger partial charge in [0.15, 0.2) is 0 Å². The lowest BCUT2D eigenvalue weighted by atomic mass is 10.2. The van der Waals surface area contributed by atoms with Gasteiger partial charge < -0.3 is 10.1 Å². The number of anilines is 1. The first kappa shape index (κ1) is 27.2. The number of carbonyl (C=O) groups excluding carboxylic acids is 4. The molecule has 0 atom stereocenters. The topological polar surface area (TPSA) is 136 Å². The molecule has 1 aliphatic heterocycles. The van der Waals surface area contributed by atoms with Crippen LogP contribution in [-0.2, 0) is 14.3 Å². The molecule has 1 fully saturated rings. The average molecular weight is 552 g/mol. The highest BCUT2D eigenvalue weighted by Crippen LogP contribution is 2.34. The normalized spacial score (nSPS) is 14.3. The Balaban J connectivity index is 1.70. The number of hydrogen-bond acceptors (Lipinski definition) is 8. The van der Waals surface area contributed by atoms with Gasteiger partial charge in [-0.3, -0.25) is 29.4 Å². The van der Waals surface area contributed by atoms with Gasteiger partial charge in [0.05, 0.1) is 27.0 Å². The Morgan fingerprint density at radius 2 is 1.89 bits per heavy atom. The Morgan fingerprint density at radius 3 is 2.58 bits per heavy atom. The maximum atomic E-state index is 12.7. The van der Waals surface area contributed by atoms with Crippen LogP contribution in [0.25, 0.3) is 6.08 Å². The van der Waals surface area contributed by atoms with E-state index in [1.807, 2.05) is 6.92 Å². The van der Waals surface area contributed by atoms with Crippen LogP contribution >= 0.6 is 35.0 Å². The standard InChI is InChI=1S/C23H19Cl2N3O7S/c1-2-3-8-35-22(31)16-11-14(4-6-18(16)25)26-20(29)12-27-21(30)19(36-23(27)32)10-13-9-15(28(33)34)5-7-17(13)24/h4-7,9-11H,2-3,8,12H2,1H3,(H,26,29)/b19-10-. The van der Waals surface area contributed by atoms with Crippen LogP contribution in [0, 0.1) is 10.1 Å². The Kier molecular flexibility index (Phi) is 9.08. The quantitative estimate of drug-likeness (QED) is 0.141. The van der Waals surface area contributed by atoms with Crippen LogP contribution in [0.1, 0.15) is 35.7 Å². The van der Waals surface area contributed by atoms with Crippen molar-refractivity contribution in [3.8, 4) is 0 Å². The summed E-state index contributed by atoms with van der Waals surface area (Å²) in [5.74, 6) is -2.08. The number of nitro groups is 1. The Labute approximate surface area is 219 Å². The predicted octanol–water partition coefficient (Wildman–Crippen LogP) is 5.53. The number of ether oxygens (including phenoxy) is 1. The third kappa shape index (κ3) is 6.62. The molecule has 0 saturated carbocycles. The molecule has 3 rings (SSSR count). The van der Waals surface area contributed by atoms with Crippen molar-refractivity contribution in [2.75, 3.05) is 18.5 Å². The molecule has 0 radical (unpaired) electrons. The monoisotopic (exact) mass is 551 g/mol. The number of nitrogens with one attached hydrogen (secondary N) is 1. The number of imide groups is 1. The first-order chi connectivity index (χ1) is 17.1. The van der Waals surface area contributed by atoms with Crippen molar-refractivity contribution in [2.45, 2.75) is 19.8 Å². The smallest absolute Gasteiger partial charge is 0.339 e. The van der Waals surface area contributed by atoms with Crippen LogP contribution in [0.15, 0.2) is 41.3 Å². The summed E-state index contributed by atoms with van der Waals surface area (Å²) in [6, 6.07) is 7.91. The summed E-state index contributed by atoms with van der Waals surface area (Å²) in [6.45, 7) is 1.59. The second kappa shape index (κ2) is 12.0. The zero-order valence-electron chi connectivity index (χ0n) is 18.8. The van der Waals surface area contributed by atoms with E-state index in [1.165, 1.54) is 42.5 Å². The van der Waals surface area contributed by atoms with Gasteiger partial charge in [-0.2, -0.15) is 0 Å². The minimum absolute atomic E-state index is 0.0428. The van der Waals surface area contributed by atoms with E-state index in [4.69, 9.17) is 27.9 Å². The molecule has 1 aliphatic rings. The van der Waals surface area contributed by atoms with Crippen LogP contribution in [0.3, 0.4) is 0 Å². The molecule has 3 amide bonds. The average Bonchev–Trinajstić information content (AvgIpc) is 3.08. The number of halogens is 2. The van der Waals surface area contributed by atoms with Crippen molar-refractivity contribution < 1.29 is 28.8 Å². The maximum Gasteiger partial charge on any atom is 0.339 e. The van der Waals surface area contributed by atoms with Crippen LogP contribution in [0.5, 0.6) is 0 Å². The van der Waals surface area contributed by atoms with E-state index in [0.717, 1.165) is 11.3 Å². The number of unbranched alkanes of at least 4 members (excludes halogenated alkanes) is 1. The first-order valence-corrected chi connectivity index (χ1v) is 12.1. The maximum absolute atomic E-state index is 12.7. The predicted molar refractivity (Wildman–Crippen MR) is 136 cm³/mol. The van der Waals surface area contributed by atoms with Crippen LogP contribution < -0.4 is 5.32 Å². The highest BCUT2D eigenvalue weighted by atomic mass is 35.5. The molecule has 0 unspecified atom stereocenters. The fourth-order valence-corrected chi connectivity index (χ4v) is 4.22. The van der Waals surface area contributed by atoms with Crippen LogP contribution in [-0.4, -0.2) is 46.0 Å². The van der Waals surface area contributed by atoms with Crippen molar-refractivity contribution >= 4 is 75.4 Å². The lowest BCUT2D eigenvalue weighted by Crippen LogP contribution is -2.36. The lowest BCUT2D eigenvalue weighted by Gasteiger charge is -2.13.